The summed E-state index contributed by atoms with van der Waals surface area (Å²) in [6.07, 6.45) is -2.33. The molecule has 1 rings (SSSR count). The Kier molecular flexibility index (Phi) is 3.63. The Labute approximate surface area is 77.4 Å². The van der Waals surface area contributed by atoms with Gasteiger partial charge in [0.1, 0.15) is 12.2 Å². The Balaban J connectivity index is 2.66. The minimum atomic E-state index is -0.983. The minimum absolute atomic E-state index is 0.403. The second-order valence-electron chi connectivity index (χ2n) is 3.25. The average Bonchev–Trinajstić information content (AvgIpc) is 2.15. The van der Waals surface area contributed by atoms with Gasteiger partial charge < -0.3 is 25.4 Å². The summed E-state index contributed by atoms with van der Waals surface area (Å²) in [5.74, 6) is 0. The van der Waals surface area contributed by atoms with E-state index in [1.807, 2.05) is 6.92 Å². The van der Waals surface area contributed by atoms with Gasteiger partial charge in [-0.15, -0.1) is 0 Å². The van der Waals surface area contributed by atoms with Crippen molar-refractivity contribution in [2.24, 2.45) is 5.73 Å². The fraction of sp³-hybridized carbons (Fsp3) is 1.00. The molecule has 1 fully saturated rings. The van der Waals surface area contributed by atoms with E-state index in [1.165, 1.54) is 7.11 Å². The maximum atomic E-state index is 9.51. The van der Waals surface area contributed by atoms with E-state index in [1.54, 1.807) is 0 Å². The Morgan fingerprint density at radius 2 is 2.00 bits per heavy atom. The van der Waals surface area contributed by atoms with Gasteiger partial charge in [-0.2, -0.15) is 0 Å². The second kappa shape index (κ2) is 4.34. The molecule has 5 unspecified atom stereocenters. The highest BCUT2D eigenvalue weighted by Crippen LogP contribution is 2.21. The fourth-order valence-corrected chi connectivity index (χ4v) is 1.50. The van der Waals surface area contributed by atoms with Crippen LogP contribution in [0.4, 0.5) is 0 Å². The molecule has 13 heavy (non-hydrogen) atoms. The Hall–Kier alpha value is -0.200. The third-order valence-corrected chi connectivity index (χ3v) is 2.38. The van der Waals surface area contributed by atoms with Crippen molar-refractivity contribution in [2.75, 3.05) is 7.11 Å². The smallest absolute Gasteiger partial charge is 0.175 e. The molecule has 1 saturated heterocycles. The number of aliphatic hydroxyl groups is 2. The SMILES string of the molecule is CCC1OC(OC)C(N)C(O)C1O. The van der Waals surface area contributed by atoms with E-state index in [0.717, 1.165) is 0 Å². The summed E-state index contributed by atoms with van der Waals surface area (Å²) in [6, 6.07) is -0.692. The van der Waals surface area contributed by atoms with Gasteiger partial charge in [-0.05, 0) is 6.42 Å². The zero-order valence-corrected chi connectivity index (χ0v) is 7.88. The first-order chi connectivity index (χ1) is 6.11. The van der Waals surface area contributed by atoms with Gasteiger partial charge in [0, 0.05) is 7.11 Å². The Morgan fingerprint density at radius 3 is 2.46 bits per heavy atom. The maximum Gasteiger partial charge on any atom is 0.175 e. The summed E-state index contributed by atoms with van der Waals surface area (Å²) >= 11 is 0. The lowest BCUT2D eigenvalue weighted by Crippen LogP contribution is -2.61. The summed E-state index contributed by atoms with van der Waals surface area (Å²) < 4.78 is 10.3. The molecular formula is C8H17NO4. The summed E-state index contributed by atoms with van der Waals surface area (Å²) in [5.41, 5.74) is 5.58. The van der Waals surface area contributed by atoms with Crippen LogP contribution in [0.2, 0.25) is 0 Å². The third kappa shape index (κ3) is 2.00. The molecule has 5 heteroatoms. The van der Waals surface area contributed by atoms with Crippen molar-refractivity contribution >= 4 is 0 Å². The molecule has 0 saturated carbocycles. The molecule has 0 spiro atoms. The molecule has 0 amide bonds. The van der Waals surface area contributed by atoms with Crippen molar-refractivity contribution in [1.82, 2.24) is 0 Å². The highest BCUT2D eigenvalue weighted by Gasteiger charge is 2.41. The molecule has 0 aliphatic carbocycles. The summed E-state index contributed by atoms with van der Waals surface area (Å²) in [4.78, 5) is 0. The molecule has 0 bridgehead atoms. The highest BCUT2D eigenvalue weighted by atomic mass is 16.7. The molecule has 5 nitrogen and oxygen atoms in total. The summed E-state index contributed by atoms with van der Waals surface area (Å²) in [5, 5.41) is 19.0. The van der Waals surface area contributed by atoms with Crippen LogP contribution in [-0.4, -0.2) is 48.0 Å². The average molecular weight is 191 g/mol. The largest absolute Gasteiger partial charge is 0.388 e. The molecule has 5 atom stereocenters. The van der Waals surface area contributed by atoms with Crippen LogP contribution in [0, 0.1) is 0 Å². The lowest BCUT2D eigenvalue weighted by Gasteiger charge is -2.40. The molecule has 0 aromatic rings. The molecular weight excluding hydrogens is 174 g/mol. The van der Waals surface area contributed by atoms with E-state index in [4.69, 9.17) is 15.2 Å². The molecule has 1 aliphatic rings. The van der Waals surface area contributed by atoms with Crippen molar-refractivity contribution in [3.63, 3.8) is 0 Å². The van der Waals surface area contributed by atoms with Gasteiger partial charge in [0.15, 0.2) is 6.29 Å². The molecule has 0 aromatic carbocycles. The van der Waals surface area contributed by atoms with E-state index in [2.05, 4.69) is 0 Å². The lowest BCUT2D eigenvalue weighted by molar-refractivity contribution is -0.251. The zero-order valence-electron chi connectivity index (χ0n) is 7.88. The summed E-state index contributed by atoms with van der Waals surface area (Å²) in [7, 11) is 1.46. The van der Waals surface area contributed by atoms with Gasteiger partial charge in [-0.3, -0.25) is 0 Å². The molecule has 1 aliphatic heterocycles. The first-order valence-corrected chi connectivity index (χ1v) is 4.41. The zero-order chi connectivity index (χ0) is 10.0. The third-order valence-electron chi connectivity index (χ3n) is 2.38. The van der Waals surface area contributed by atoms with Gasteiger partial charge in [0.2, 0.25) is 0 Å². The molecule has 0 radical (unpaired) electrons. The van der Waals surface area contributed by atoms with Crippen molar-refractivity contribution in [3.05, 3.63) is 0 Å². The van der Waals surface area contributed by atoms with Crippen molar-refractivity contribution in [3.8, 4) is 0 Å². The van der Waals surface area contributed by atoms with Crippen molar-refractivity contribution < 1.29 is 19.7 Å². The van der Waals surface area contributed by atoms with E-state index in [9.17, 15) is 10.2 Å². The first kappa shape index (κ1) is 10.9. The van der Waals surface area contributed by atoms with Crippen LogP contribution in [-0.2, 0) is 9.47 Å². The number of nitrogens with two attached hydrogens (primary N) is 1. The van der Waals surface area contributed by atoms with Gasteiger partial charge >= 0.3 is 0 Å². The van der Waals surface area contributed by atoms with Crippen LogP contribution in [0.5, 0.6) is 0 Å². The number of rotatable bonds is 2. The summed E-state index contributed by atoms with van der Waals surface area (Å²) in [6.45, 7) is 1.87. The van der Waals surface area contributed by atoms with Crippen LogP contribution in [0.15, 0.2) is 0 Å². The minimum Gasteiger partial charge on any atom is -0.388 e. The Bertz CT molecular complexity index is 146. The normalized spacial score (nSPS) is 46.4. The van der Waals surface area contributed by atoms with Gasteiger partial charge in [-0.25, -0.2) is 0 Å². The van der Waals surface area contributed by atoms with E-state index < -0.39 is 30.6 Å². The van der Waals surface area contributed by atoms with Crippen LogP contribution >= 0.6 is 0 Å². The predicted molar refractivity (Wildman–Crippen MR) is 46.0 cm³/mol. The number of aliphatic hydroxyl groups excluding tert-OH is 2. The molecule has 0 aromatic heterocycles. The maximum absolute atomic E-state index is 9.51. The second-order valence-corrected chi connectivity index (χ2v) is 3.25. The van der Waals surface area contributed by atoms with Gasteiger partial charge in [-0.1, -0.05) is 6.92 Å². The van der Waals surface area contributed by atoms with Crippen LogP contribution < -0.4 is 5.73 Å². The monoisotopic (exact) mass is 191 g/mol. The number of ether oxygens (including phenoxy) is 2. The molecule has 1 heterocycles. The van der Waals surface area contributed by atoms with E-state index in [-0.39, 0.29) is 0 Å². The van der Waals surface area contributed by atoms with Crippen LogP contribution in [0.1, 0.15) is 13.3 Å². The predicted octanol–water partition coefficient (Wildman–Crippen LogP) is -1.18. The standard InChI is InChI=1S/C8H17NO4/c1-3-4-6(10)7(11)5(9)8(12-2)13-4/h4-8,10-11H,3,9H2,1-2H3. The van der Waals surface area contributed by atoms with Crippen molar-refractivity contribution in [2.45, 2.75) is 44.0 Å². The lowest BCUT2D eigenvalue weighted by atomic mass is 9.96. The van der Waals surface area contributed by atoms with Crippen LogP contribution in [0.25, 0.3) is 0 Å². The van der Waals surface area contributed by atoms with E-state index >= 15 is 0 Å². The fourth-order valence-electron chi connectivity index (χ4n) is 1.50. The highest BCUT2D eigenvalue weighted by molar-refractivity contribution is 4.90. The number of hydrogen-bond acceptors (Lipinski definition) is 5. The molecule has 4 N–H and O–H groups in total. The number of methoxy groups -OCH3 is 1. The first-order valence-electron chi connectivity index (χ1n) is 4.41. The quantitative estimate of drug-likeness (QED) is 0.511. The van der Waals surface area contributed by atoms with Gasteiger partial charge in [0.25, 0.3) is 0 Å². The topological polar surface area (TPSA) is 84.9 Å². The molecule has 78 valence electrons. The van der Waals surface area contributed by atoms with Gasteiger partial charge in [0.05, 0.1) is 12.1 Å². The van der Waals surface area contributed by atoms with E-state index in [0.29, 0.717) is 6.42 Å². The number of hydrogen-bond donors (Lipinski definition) is 3. The Morgan fingerprint density at radius 1 is 1.38 bits per heavy atom. The van der Waals surface area contributed by atoms with Crippen molar-refractivity contribution in [1.29, 1.82) is 0 Å². The van der Waals surface area contributed by atoms with Crippen LogP contribution in [0.3, 0.4) is 0 Å².